The Balaban J connectivity index is 1.57. The number of hydrogen-bond acceptors (Lipinski definition) is 7. The number of ketones is 1. The number of phenolic OH excluding ortho intramolecular Hbond substituents is 1. The summed E-state index contributed by atoms with van der Waals surface area (Å²) in [7, 11) is 1.63. The summed E-state index contributed by atoms with van der Waals surface area (Å²) < 4.78 is 17.0. The van der Waals surface area contributed by atoms with Gasteiger partial charge in [-0.3, -0.25) is 4.79 Å². The molecule has 1 heterocycles. The molecule has 0 bridgehead atoms. The molecule has 0 amide bonds. The minimum Gasteiger partial charge on any atom is -0.503 e. The minimum absolute atomic E-state index is 0.0174. The van der Waals surface area contributed by atoms with Gasteiger partial charge in [-0.15, -0.1) is 0 Å². The normalized spacial score (nSPS) is 21.6. The van der Waals surface area contributed by atoms with E-state index in [1.165, 1.54) is 0 Å². The van der Waals surface area contributed by atoms with Gasteiger partial charge in [-0.2, -0.15) is 0 Å². The van der Waals surface area contributed by atoms with Crippen molar-refractivity contribution in [2.75, 3.05) is 13.7 Å². The zero-order chi connectivity index (χ0) is 28.4. The maximum absolute atomic E-state index is 13.9. The number of hydrogen-bond donors (Lipinski definition) is 2. The third-order valence-corrected chi connectivity index (χ3v) is 8.43. The predicted octanol–water partition coefficient (Wildman–Crippen LogP) is 6.69. The maximum Gasteiger partial charge on any atom is 0.337 e. The Kier molecular flexibility index (Phi) is 8.40. The largest absolute Gasteiger partial charge is 0.503 e. The Morgan fingerprint density at radius 3 is 2.48 bits per heavy atom. The molecule has 2 aromatic rings. The first-order valence-corrected chi connectivity index (χ1v) is 14.4. The van der Waals surface area contributed by atoms with Crippen LogP contribution in [0.3, 0.4) is 0 Å². The van der Waals surface area contributed by atoms with Gasteiger partial charge >= 0.3 is 5.97 Å². The summed E-state index contributed by atoms with van der Waals surface area (Å²) in [6.45, 7) is 3.98. The summed E-state index contributed by atoms with van der Waals surface area (Å²) in [5.74, 6) is -0.390. The molecule has 7 nitrogen and oxygen atoms in total. The lowest BCUT2D eigenvalue weighted by atomic mass is 9.71. The molecule has 8 heteroatoms. The molecule has 0 saturated heterocycles. The number of halogens is 1. The molecule has 0 radical (unpaired) electrons. The monoisotopic (exact) mass is 565 g/mol. The van der Waals surface area contributed by atoms with E-state index < -0.39 is 11.9 Å². The summed E-state index contributed by atoms with van der Waals surface area (Å²) in [6, 6.07) is 11.1. The minimum atomic E-state index is -0.700. The van der Waals surface area contributed by atoms with Crippen LogP contribution < -0.4 is 14.8 Å². The fraction of sp³-hybridized carbons (Fsp3) is 0.438. The van der Waals surface area contributed by atoms with E-state index in [4.69, 9.17) is 25.8 Å². The molecular formula is C32H36ClNO6. The number of esters is 1. The molecule has 5 rings (SSSR count). The van der Waals surface area contributed by atoms with Crippen molar-refractivity contribution in [2.24, 2.45) is 0 Å². The van der Waals surface area contributed by atoms with Gasteiger partial charge in [-0.1, -0.05) is 30.2 Å². The number of methoxy groups -OCH3 is 1. The van der Waals surface area contributed by atoms with Crippen LogP contribution in [0.15, 0.2) is 58.9 Å². The van der Waals surface area contributed by atoms with Crippen molar-refractivity contribution in [3.63, 3.8) is 0 Å². The molecule has 0 spiro atoms. The van der Waals surface area contributed by atoms with Gasteiger partial charge in [-0.05, 0) is 87.3 Å². The van der Waals surface area contributed by atoms with Crippen LogP contribution in [0.2, 0.25) is 5.02 Å². The zero-order valence-electron chi connectivity index (χ0n) is 23.2. The number of benzene rings is 2. The second-order valence-electron chi connectivity index (χ2n) is 10.7. The molecule has 2 N–H and O–H groups in total. The lowest BCUT2D eigenvalue weighted by molar-refractivity contribution is -0.146. The highest BCUT2D eigenvalue weighted by Gasteiger charge is 2.42. The standard InChI is InChI=1S/C32H36ClNO6/c1-4-39-27-17-21(14-24(33)31(27)36)29-28(32(37)40-23-8-6-5-7-9-23)18(2)34-25-15-20(16-26(35)30(25)29)19-10-12-22(38-3)13-11-19/h10-14,17,20,23,29,34,36H,4-9,15-16H2,1-3H3. The summed E-state index contributed by atoms with van der Waals surface area (Å²) in [5, 5.41) is 14.0. The molecule has 0 aromatic heterocycles. The van der Waals surface area contributed by atoms with E-state index >= 15 is 0 Å². The molecule has 212 valence electrons. The Bertz CT molecular complexity index is 1360. The second kappa shape index (κ2) is 12.0. The topological polar surface area (TPSA) is 94.1 Å². The highest BCUT2D eigenvalue weighted by atomic mass is 35.5. The first-order valence-electron chi connectivity index (χ1n) is 14.0. The van der Waals surface area contributed by atoms with Crippen molar-refractivity contribution in [1.82, 2.24) is 5.32 Å². The van der Waals surface area contributed by atoms with Crippen LogP contribution in [0.5, 0.6) is 17.2 Å². The number of allylic oxidation sites excluding steroid dienone is 3. The molecule has 2 aliphatic carbocycles. The SMILES string of the molecule is CCOc1cc(C2C(C(=O)OC3CCCCC3)=C(C)NC3=C2C(=O)CC(c2ccc(OC)cc2)C3)cc(Cl)c1O. The summed E-state index contributed by atoms with van der Waals surface area (Å²) in [5.41, 5.74) is 4.02. The molecule has 2 atom stereocenters. The quantitative estimate of drug-likeness (QED) is 0.361. The number of carbonyl (C=O) groups is 2. The van der Waals surface area contributed by atoms with Gasteiger partial charge in [0.15, 0.2) is 17.3 Å². The van der Waals surface area contributed by atoms with Gasteiger partial charge in [0.2, 0.25) is 0 Å². The third kappa shape index (κ3) is 5.57. The number of ether oxygens (including phenoxy) is 3. The Morgan fingerprint density at radius 1 is 1.07 bits per heavy atom. The third-order valence-electron chi connectivity index (χ3n) is 8.14. The summed E-state index contributed by atoms with van der Waals surface area (Å²) >= 11 is 6.44. The number of carbonyl (C=O) groups excluding carboxylic acids is 2. The van der Waals surface area contributed by atoms with Crippen LogP contribution in [0.4, 0.5) is 0 Å². The maximum atomic E-state index is 13.9. The van der Waals surface area contributed by atoms with E-state index in [0.717, 1.165) is 49.1 Å². The van der Waals surface area contributed by atoms with Gasteiger partial charge < -0.3 is 24.6 Å². The fourth-order valence-corrected chi connectivity index (χ4v) is 6.40. The van der Waals surface area contributed by atoms with Gasteiger partial charge in [0, 0.05) is 29.3 Å². The number of nitrogens with one attached hydrogen (secondary N) is 1. The van der Waals surface area contributed by atoms with Crippen LogP contribution in [-0.4, -0.2) is 36.7 Å². The van der Waals surface area contributed by atoms with Gasteiger partial charge in [0.25, 0.3) is 0 Å². The molecule has 40 heavy (non-hydrogen) atoms. The van der Waals surface area contributed by atoms with E-state index in [0.29, 0.717) is 41.9 Å². The highest BCUT2D eigenvalue weighted by Crippen LogP contribution is 2.48. The summed E-state index contributed by atoms with van der Waals surface area (Å²) in [6.07, 6.45) is 5.66. The summed E-state index contributed by atoms with van der Waals surface area (Å²) in [4.78, 5) is 27.7. The molecule has 1 saturated carbocycles. The highest BCUT2D eigenvalue weighted by molar-refractivity contribution is 6.32. The smallest absolute Gasteiger partial charge is 0.337 e. The van der Waals surface area contributed by atoms with Crippen LogP contribution in [0.25, 0.3) is 0 Å². The van der Waals surface area contributed by atoms with Crippen molar-refractivity contribution >= 4 is 23.4 Å². The molecule has 1 fully saturated rings. The molecule has 3 aliphatic rings. The number of rotatable bonds is 7. The number of aromatic hydroxyl groups is 1. The molecule has 2 aromatic carbocycles. The number of phenols is 1. The van der Waals surface area contributed by atoms with Crippen LogP contribution in [0, 0.1) is 0 Å². The zero-order valence-corrected chi connectivity index (χ0v) is 24.0. The molecular weight excluding hydrogens is 530 g/mol. The van der Waals surface area contributed by atoms with Crippen LogP contribution >= 0.6 is 11.6 Å². The van der Waals surface area contributed by atoms with Crippen LogP contribution in [0.1, 0.15) is 81.8 Å². The van der Waals surface area contributed by atoms with E-state index in [9.17, 15) is 14.7 Å². The first kappa shape index (κ1) is 28.1. The van der Waals surface area contributed by atoms with Gasteiger partial charge in [0.05, 0.1) is 24.3 Å². The Morgan fingerprint density at radius 2 is 1.80 bits per heavy atom. The Hall–Kier alpha value is -3.45. The number of Topliss-reactive ketones (excluding diaryl/α,β-unsaturated/α-hetero) is 1. The fourth-order valence-electron chi connectivity index (χ4n) is 6.18. The van der Waals surface area contributed by atoms with Gasteiger partial charge in [0.1, 0.15) is 11.9 Å². The second-order valence-corrected chi connectivity index (χ2v) is 11.1. The average Bonchev–Trinajstić information content (AvgIpc) is 2.95. The van der Waals surface area contributed by atoms with Crippen molar-refractivity contribution in [3.8, 4) is 17.2 Å². The predicted molar refractivity (Wildman–Crippen MR) is 153 cm³/mol. The van der Waals surface area contributed by atoms with Crippen molar-refractivity contribution in [1.29, 1.82) is 0 Å². The molecule has 2 unspecified atom stereocenters. The van der Waals surface area contributed by atoms with Crippen molar-refractivity contribution < 1.29 is 28.9 Å². The van der Waals surface area contributed by atoms with E-state index in [2.05, 4.69) is 5.32 Å². The Labute approximate surface area is 240 Å². The average molecular weight is 566 g/mol. The van der Waals surface area contributed by atoms with E-state index in [1.807, 2.05) is 38.1 Å². The first-order chi connectivity index (χ1) is 19.3. The van der Waals surface area contributed by atoms with E-state index in [1.54, 1.807) is 19.2 Å². The lowest BCUT2D eigenvalue weighted by Gasteiger charge is -2.37. The van der Waals surface area contributed by atoms with E-state index in [-0.39, 0.29) is 34.3 Å². The van der Waals surface area contributed by atoms with Gasteiger partial charge in [-0.25, -0.2) is 4.79 Å². The number of dihydropyridines is 1. The van der Waals surface area contributed by atoms with Crippen molar-refractivity contribution in [3.05, 3.63) is 75.1 Å². The van der Waals surface area contributed by atoms with Crippen LogP contribution in [-0.2, 0) is 14.3 Å². The molecule has 1 aliphatic heterocycles. The lowest BCUT2D eigenvalue weighted by Crippen LogP contribution is -2.37. The van der Waals surface area contributed by atoms with Crippen molar-refractivity contribution in [2.45, 2.75) is 76.7 Å².